The Morgan fingerprint density at radius 1 is 1.08 bits per heavy atom. The Labute approximate surface area is 119 Å². The summed E-state index contributed by atoms with van der Waals surface area (Å²) in [5, 5.41) is 0. The Bertz CT molecular complexity index is 78.4. The van der Waals surface area contributed by atoms with E-state index in [1.165, 1.54) is 17.3 Å². The van der Waals surface area contributed by atoms with Crippen molar-refractivity contribution < 1.29 is 10.0 Å². The zero-order valence-electron chi connectivity index (χ0n) is 7.78. The molecule has 0 aliphatic carbocycles. The normalized spacial score (nSPS) is 9.25. The molecule has 0 spiro atoms. The van der Waals surface area contributed by atoms with Crippen LogP contribution in [0.4, 0.5) is 0 Å². The van der Waals surface area contributed by atoms with Gasteiger partial charge in [0.15, 0.2) is 0 Å². The van der Waals surface area contributed by atoms with E-state index in [4.69, 9.17) is 0 Å². The Morgan fingerprint density at radius 2 is 1.42 bits per heavy atom. The van der Waals surface area contributed by atoms with Gasteiger partial charge < -0.3 is 0 Å². The van der Waals surface area contributed by atoms with Gasteiger partial charge in [0.1, 0.15) is 11.5 Å². The molecule has 0 saturated carbocycles. The molecule has 0 saturated heterocycles. The Morgan fingerprint density at radius 3 is 1.50 bits per heavy atom. The molecule has 0 heterocycles. The zero-order valence-corrected chi connectivity index (χ0v) is 21.4. The summed E-state index contributed by atoms with van der Waals surface area (Å²) in [5.41, 5.74) is 0. The topological polar surface area (TPSA) is 0 Å². The molecule has 12 heavy (non-hydrogen) atoms. The second-order valence-corrected chi connectivity index (χ2v) is 126. The van der Waals surface area contributed by atoms with Crippen molar-refractivity contribution in [1.29, 1.82) is 0 Å². The van der Waals surface area contributed by atoms with Crippen molar-refractivity contribution in [1.82, 2.24) is 0 Å². The van der Waals surface area contributed by atoms with Crippen LogP contribution >= 0.6 is 63.8 Å². The molecule has 0 aliphatic heterocycles. The van der Waals surface area contributed by atoms with Crippen molar-refractivity contribution in [3.8, 4) is 0 Å². The van der Waals surface area contributed by atoms with Gasteiger partial charge in [0.05, 0.1) is 20.7 Å². The molecule has 0 aromatic heterocycles. The number of rotatable bonds is 4. The van der Waals surface area contributed by atoms with Crippen molar-refractivity contribution in [3.05, 3.63) is 0 Å². The molecule has 0 fully saturated rings. The van der Waals surface area contributed by atoms with Crippen LogP contribution in [-0.2, 0) is 20.0 Å². The van der Waals surface area contributed by atoms with Crippen molar-refractivity contribution in [2.45, 2.75) is 20.8 Å². The molecule has 74 valence electrons. The molecule has 0 unspecified atom stereocenters. The molecule has 6 heteroatoms. The molecule has 0 rings (SSSR count). The Kier molecular flexibility index (Phi) is 22.5. The Hall–Kier alpha value is 3.83. The van der Waals surface area contributed by atoms with Crippen LogP contribution in [0, 0.1) is 0 Å². The first-order valence-corrected chi connectivity index (χ1v) is 53.4. The van der Waals surface area contributed by atoms with E-state index in [1.54, 1.807) is 0 Å². The molecule has 0 aliphatic rings. The van der Waals surface area contributed by atoms with E-state index in [0.29, 0.717) is 9.93 Å². The predicted molar refractivity (Wildman–Crippen MR) is 88.6 cm³/mol. The van der Waals surface area contributed by atoms with E-state index in [-0.39, 0.29) is 0 Å². The minimum absolute atomic E-state index is 0.678. The van der Waals surface area contributed by atoms with Gasteiger partial charge in [-0.15, -0.1) is 0 Å². The molecule has 0 radical (unpaired) electrons. The predicted octanol–water partition coefficient (Wildman–Crippen LogP) is 4.97. The number of hydrogen-bond acceptors (Lipinski definition) is 1. The summed E-state index contributed by atoms with van der Waals surface area (Å²) in [6, 6.07) is 0. The second-order valence-electron chi connectivity index (χ2n) is 1.73. The van der Waals surface area contributed by atoms with Gasteiger partial charge in [0.25, 0.3) is 0 Å². The molecule has 0 aromatic carbocycles. The standard InChI is InChI=1S/C6H15S2.Hg.3HI/c1-4-7-8(5-2)6-3;;;;/h4-6H2,1-3H3;;3*1H/q+1;+2;;;/p-3. The van der Waals surface area contributed by atoms with Gasteiger partial charge in [-0.2, -0.15) is 0 Å². The molecule has 0 nitrogen and oxygen atoms in total. The van der Waals surface area contributed by atoms with Crippen molar-refractivity contribution in [2.24, 2.45) is 0 Å². The summed E-state index contributed by atoms with van der Waals surface area (Å²) in [6.07, 6.45) is 0. The fourth-order valence-electron chi connectivity index (χ4n) is 0.537. The van der Waals surface area contributed by atoms with Gasteiger partial charge in [-0.05, 0) is 13.8 Å². The molecule has 0 amide bonds. The molecular formula is C6H15HgI3S2. The SMILES string of the molecule is CCS[S+](CC)CC.[I][Hg-]([I])[I]. The summed E-state index contributed by atoms with van der Waals surface area (Å²) < 4.78 is 0. The van der Waals surface area contributed by atoms with Crippen LogP contribution < -0.4 is 0 Å². The summed E-state index contributed by atoms with van der Waals surface area (Å²) in [5.74, 6) is 3.99. The maximum absolute atomic E-state index is 2.55. The molecule has 0 bridgehead atoms. The first-order chi connectivity index (χ1) is 5.58. The van der Waals surface area contributed by atoms with Gasteiger partial charge in [-0.3, -0.25) is 0 Å². The van der Waals surface area contributed by atoms with E-state index in [9.17, 15) is 0 Å². The first-order valence-electron chi connectivity index (χ1n) is 3.96. The van der Waals surface area contributed by atoms with E-state index < -0.39 is 10.0 Å². The van der Waals surface area contributed by atoms with E-state index in [0.717, 1.165) is 0 Å². The van der Waals surface area contributed by atoms with E-state index in [2.05, 4.69) is 84.6 Å². The van der Waals surface area contributed by atoms with Gasteiger partial charge >= 0.3 is 63.0 Å². The number of halogens is 3. The minimum atomic E-state index is -0.877. The zero-order chi connectivity index (χ0) is 9.98. The van der Waals surface area contributed by atoms with Crippen molar-refractivity contribution >= 4 is 73.7 Å². The average molecular weight is 733 g/mol. The van der Waals surface area contributed by atoms with Crippen LogP contribution in [0.3, 0.4) is 0 Å². The van der Waals surface area contributed by atoms with Gasteiger partial charge in [-0.1, -0.05) is 6.92 Å². The third kappa shape index (κ3) is 19.4. The maximum atomic E-state index is 2.55. The molecule has 0 N–H and O–H groups in total. The van der Waals surface area contributed by atoms with Gasteiger partial charge in [-0.25, -0.2) is 0 Å². The molecule has 0 atom stereocenters. The first kappa shape index (κ1) is 18.2. The second kappa shape index (κ2) is 14.8. The summed E-state index contributed by atoms with van der Waals surface area (Å²) in [6.45, 7) is 6.78. The average Bonchev–Trinajstić information content (AvgIpc) is 1.99. The quantitative estimate of drug-likeness (QED) is 0.171. The van der Waals surface area contributed by atoms with Crippen LogP contribution in [0.1, 0.15) is 20.8 Å². The van der Waals surface area contributed by atoms with Crippen LogP contribution in [-0.4, -0.2) is 17.3 Å². The fourth-order valence-corrected chi connectivity index (χ4v) is 3.61. The fraction of sp³-hybridized carbons (Fsp3) is 1.00. The van der Waals surface area contributed by atoms with Crippen LogP contribution in [0.5, 0.6) is 0 Å². The van der Waals surface area contributed by atoms with Gasteiger partial charge in [0, 0.05) is 5.75 Å². The van der Waals surface area contributed by atoms with Crippen LogP contribution in [0.25, 0.3) is 0 Å². The Balaban J connectivity index is 0. The van der Waals surface area contributed by atoms with E-state index in [1.807, 2.05) is 0 Å². The third-order valence-electron chi connectivity index (χ3n) is 0.928. The summed E-state index contributed by atoms with van der Waals surface area (Å²) in [4.78, 5) is 0. The van der Waals surface area contributed by atoms with E-state index >= 15 is 0 Å². The van der Waals surface area contributed by atoms with Crippen molar-refractivity contribution in [3.63, 3.8) is 0 Å². The summed E-state index contributed by atoms with van der Waals surface area (Å²) >= 11 is 7.64. The van der Waals surface area contributed by atoms with Crippen LogP contribution in [0.15, 0.2) is 0 Å². The monoisotopic (exact) mass is 734 g/mol. The summed E-state index contributed by atoms with van der Waals surface area (Å²) in [7, 11) is 1.91. The molecule has 0 aromatic rings. The van der Waals surface area contributed by atoms with Gasteiger partial charge in [0.2, 0.25) is 0 Å². The third-order valence-corrected chi connectivity index (χ3v) is 5.91. The van der Waals surface area contributed by atoms with Crippen LogP contribution in [0.2, 0.25) is 0 Å². The molecular weight excluding hydrogens is 718 g/mol. The number of hydrogen-bond donors (Lipinski definition) is 0. The van der Waals surface area contributed by atoms with Crippen molar-refractivity contribution in [2.75, 3.05) is 17.3 Å².